The molecule has 15 heavy (non-hydrogen) atoms. The Labute approximate surface area is 89.5 Å². The zero-order valence-electron chi connectivity index (χ0n) is 9.64. The van der Waals surface area contributed by atoms with Gasteiger partial charge in [0.05, 0.1) is 11.5 Å². The third-order valence-corrected chi connectivity index (χ3v) is 2.84. The van der Waals surface area contributed by atoms with Gasteiger partial charge in [-0.3, -0.25) is 10.4 Å². The van der Waals surface area contributed by atoms with Crippen LogP contribution < -0.4 is 0 Å². The lowest BCUT2D eigenvalue weighted by atomic mass is 9.80. The number of rotatable bonds is 2. The Hall–Kier alpha value is -0.240. The van der Waals surface area contributed by atoms with E-state index in [1.807, 2.05) is 27.7 Å². The summed E-state index contributed by atoms with van der Waals surface area (Å²) >= 11 is 0. The van der Waals surface area contributed by atoms with Gasteiger partial charge in [0.15, 0.2) is 0 Å². The lowest BCUT2D eigenvalue weighted by Gasteiger charge is -2.50. The predicted octanol–water partition coefficient (Wildman–Crippen LogP) is 1.41. The Morgan fingerprint density at radius 3 is 1.87 bits per heavy atom. The van der Waals surface area contributed by atoms with Crippen molar-refractivity contribution in [3.05, 3.63) is 0 Å². The molecule has 0 aliphatic carbocycles. The SMILES string of the molecule is CC1(C)CC(ON(O)O)CC(C)(C)N1O. The molecule has 0 aromatic heterocycles. The zero-order valence-corrected chi connectivity index (χ0v) is 9.64. The molecule has 0 amide bonds. The highest BCUT2D eigenvalue weighted by Crippen LogP contribution is 2.37. The number of hydroxylamine groups is 2. The molecule has 1 saturated heterocycles. The molecular formula is C9H20N2O4. The minimum atomic E-state index is -0.456. The Kier molecular flexibility index (Phi) is 3.39. The van der Waals surface area contributed by atoms with Crippen molar-refractivity contribution in [2.24, 2.45) is 0 Å². The highest BCUT2D eigenvalue weighted by atomic mass is 17.1. The Morgan fingerprint density at radius 2 is 1.53 bits per heavy atom. The van der Waals surface area contributed by atoms with Crippen LogP contribution in [-0.4, -0.2) is 43.3 Å². The van der Waals surface area contributed by atoms with Gasteiger partial charge in [-0.1, -0.05) is 0 Å². The number of hydrogen-bond acceptors (Lipinski definition) is 6. The molecular weight excluding hydrogens is 200 g/mol. The number of piperidine rings is 1. The van der Waals surface area contributed by atoms with E-state index in [1.165, 1.54) is 5.06 Å². The van der Waals surface area contributed by atoms with Crippen molar-refractivity contribution in [1.82, 2.24) is 10.5 Å². The van der Waals surface area contributed by atoms with Crippen LogP contribution >= 0.6 is 0 Å². The largest absolute Gasteiger partial charge is 0.313 e. The molecule has 0 radical (unpaired) electrons. The summed E-state index contributed by atoms with van der Waals surface area (Å²) < 4.78 is 0. The normalized spacial score (nSPS) is 27.2. The minimum Gasteiger partial charge on any atom is -0.313 e. The third kappa shape index (κ3) is 2.87. The fourth-order valence-corrected chi connectivity index (χ4v) is 2.39. The molecule has 6 nitrogen and oxygen atoms in total. The average Bonchev–Trinajstić information content (AvgIpc) is 1.97. The van der Waals surface area contributed by atoms with Crippen LogP contribution in [0.15, 0.2) is 0 Å². The summed E-state index contributed by atoms with van der Waals surface area (Å²) in [5, 5.41) is 28.2. The first-order valence-corrected chi connectivity index (χ1v) is 4.99. The van der Waals surface area contributed by atoms with Crippen molar-refractivity contribution in [3.8, 4) is 0 Å². The maximum Gasteiger partial charge on any atom is 0.0880 e. The number of nitrogens with zero attached hydrogens (tertiary/aromatic N) is 2. The Balaban J connectivity index is 2.75. The van der Waals surface area contributed by atoms with Gasteiger partial charge < -0.3 is 5.21 Å². The van der Waals surface area contributed by atoms with Gasteiger partial charge >= 0.3 is 0 Å². The Bertz CT molecular complexity index is 212. The lowest BCUT2D eigenvalue weighted by Crippen LogP contribution is -2.61. The molecule has 1 aliphatic heterocycles. The van der Waals surface area contributed by atoms with Crippen LogP contribution in [0.2, 0.25) is 0 Å². The second kappa shape index (κ2) is 3.97. The molecule has 90 valence electrons. The van der Waals surface area contributed by atoms with E-state index in [4.69, 9.17) is 15.3 Å². The first kappa shape index (κ1) is 12.8. The second-order valence-corrected chi connectivity index (χ2v) is 5.33. The van der Waals surface area contributed by atoms with E-state index in [9.17, 15) is 5.21 Å². The Morgan fingerprint density at radius 1 is 1.13 bits per heavy atom. The molecule has 1 aliphatic rings. The van der Waals surface area contributed by atoms with Crippen LogP contribution in [0.25, 0.3) is 0 Å². The summed E-state index contributed by atoms with van der Waals surface area (Å²) in [5.74, 6) is 0. The van der Waals surface area contributed by atoms with Crippen LogP contribution in [0.3, 0.4) is 0 Å². The van der Waals surface area contributed by atoms with Gasteiger partial charge in [0.25, 0.3) is 0 Å². The molecule has 0 spiro atoms. The van der Waals surface area contributed by atoms with Crippen molar-refractivity contribution in [1.29, 1.82) is 0 Å². The monoisotopic (exact) mass is 220 g/mol. The summed E-state index contributed by atoms with van der Waals surface area (Å²) in [6.45, 7) is 7.51. The predicted molar refractivity (Wildman–Crippen MR) is 51.3 cm³/mol. The first-order chi connectivity index (χ1) is 6.65. The van der Waals surface area contributed by atoms with Crippen molar-refractivity contribution in [2.45, 2.75) is 57.7 Å². The van der Waals surface area contributed by atoms with Crippen molar-refractivity contribution < 1.29 is 20.5 Å². The summed E-state index contributed by atoms with van der Waals surface area (Å²) in [5.41, 5.74) is -0.912. The van der Waals surface area contributed by atoms with Crippen molar-refractivity contribution in [2.75, 3.05) is 0 Å². The standard InChI is InChI=1S/C9H20N2O4/c1-8(2)5-7(15-11(13)14)6-9(3,4)10(8)12/h7,12-14H,5-6H2,1-4H3. The van der Waals surface area contributed by atoms with Crippen LogP contribution in [0.5, 0.6) is 0 Å². The third-order valence-electron chi connectivity index (χ3n) is 2.84. The summed E-state index contributed by atoms with van der Waals surface area (Å²) in [7, 11) is 0. The fraction of sp³-hybridized carbons (Fsp3) is 1.00. The zero-order chi connectivity index (χ0) is 11.9. The maximum absolute atomic E-state index is 9.96. The molecule has 3 N–H and O–H groups in total. The number of hydrogen-bond donors (Lipinski definition) is 3. The van der Waals surface area contributed by atoms with Crippen LogP contribution in [0, 0.1) is 0 Å². The summed E-state index contributed by atoms with van der Waals surface area (Å²) in [6, 6.07) is 0. The topological polar surface area (TPSA) is 76.4 Å². The van der Waals surface area contributed by atoms with Gasteiger partial charge in [-0.2, -0.15) is 5.06 Å². The molecule has 1 heterocycles. The second-order valence-electron chi connectivity index (χ2n) is 5.33. The molecule has 1 fully saturated rings. The molecule has 1 rings (SSSR count). The summed E-state index contributed by atoms with van der Waals surface area (Å²) in [4.78, 5) is 4.82. The average molecular weight is 220 g/mol. The van der Waals surface area contributed by atoms with Gasteiger partial charge in [-0.15, -0.1) is 0 Å². The van der Waals surface area contributed by atoms with Gasteiger partial charge in [-0.05, 0) is 40.5 Å². The molecule has 0 aromatic rings. The van der Waals surface area contributed by atoms with Crippen LogP contribution in [0.4, 0.5) is 0 Å². The van der Waals surface area contributed by atoms with E-state index >= 15 is 0 Å². The van der Waals surface area contributed by atoms with Gasteiger partial charge in [0.1, 0.15) is 0 Å². The molecule has 0 bridgehead atoms. The van der Waals surface area contributed by atoms with E-state index in [0.29, 0.717) is 12.8 Å². The van der Waals surface area contributed by atoms with Gasteiger partial charge in [0.2, 0.25) is 0 Å². The van der Waals surface area contributed by atoms with Crippen LogP contribution in [-0.2, 0) is 4.84 Å². The maximum atomic E-state index is 9.96. The minimum absolute atomic E-state index is 0.260. The lowest BCUT2D eigenvalue weighted by molar-refractivity contribution is -0.510. The van der Waals surface area contributed by atoms with E-state index < -0.39 is 11.1 Å². The van der Waals surface area contributed by atoms with E-state index in [-0.39, 0.29) is 11.5 Å². The first-order valence-electron chi connectivity index (χ1n) is 4.99. The quantitative estimate of drug-likeness (QED) is 0.611. The molecule has 0 atom stereocenters. The van der Waals surface area contributed by atoms with Crippen molar-refractivity contribution >= 4 is 0 Å². The molecule has 6 heteroatoms. The molecule has 0 aromatic carbocycles. The fourth-order valence-electron chi connectivity index (χ4n) is 2.39. The van der Waals surface area contributed by atoms with E-state index in [0.717, 1.165) is 0 Å². The smallest absolute Gasteiger partial charge is 0.0880 e. The highest BCUT2D eigenvalue weighted by Gasteiger charge is 2.46. The van der Waals surface area contributed by atoms with Gasteiger partial charge in [-0.25, -0.2) is 4.84 Å². The van der Waals surface area contributed by atoms with Gasteiger partial charge in [0, 0.05) is 11.1 Å². The summed E-state index contributed by atoms with van der Waals surface area (Å²) in [6.07, 6.45) is 0.711. The molecule has 0 unspecified atom stereocenters. The van der Waals surface area contributed by atoms with Crippen LogP contribution in [0.1, 0.15) is 40.5 Å². The van der Waals surface area contributed by atoms with Crippen molar-refractivity contribution in [3.63, 3.8) is 0 Å². The van der Waals surface area contributed by atoms with E-state index in [2.05, 4.69) is 0 Å². The van der Waals surface area contributed by atoms with E-state index in [1.54, 1.807) is 0 Å². The molecule has 0 saturated carbocycles. The highest BCUT2D eigenvalue weighted by molar-refractivity contribution is 4.96.